The second kappa shape index (κ2) is 7.70. The van der Waals surface area contributed by atoms with Gasteiger partial charge in [0.1, 0.15) is 5.82 Å². The number of para-hydroxylation sites is 2. The van der Waals surface area contributed by atoms with Gasteiger partial charge in [-0.15, -0.1) is 0 Å². The minimum atomic E-state index is -0.324. The molecule has 1 amide bonds. The summed E-state index contributed by atoms with van der Waals surface area (Å²) in [6, 6.07) is 13.7. The van der Waals surface area contributed by atoms with Gasteiger partial charge in [0.2, 0.25) is 5.91 Å². The first-order valence-electron chi connectivity index (χ1n) is 8.16. The Morgan fingerprint density at radius 3 is 2.64 bits per heavy atom. The summed E-state index contributed by atoms with van der Waals surface area (Å²) in [5, 5.41) is 3.61. The lowest BCUT2D eigenvalue weighted by atomic mass is 10.2. The molecule has 4 nitrogen and oxygen atoms in total. The molecule has 0 aliphatic heterocycles. The van der Waals surface area contributed by atoms with Crippen molar-refractivity contribution in [2.24, 2.45) is 5.92 Å². The number of carbonyl (C=O) groups is 1. The van der Waals surface area contributed by atoms with Gasteiger partial charge in [0.05, 0.1) is 16.8 Å². The second-order valence-corrected chi connectivity index (χ2v) is 7.17. The van der Waals surface area contributed by atoms with Gasteiger partial charge in [-0.1, -0.05) is 37.7 Å². The quantitative estimate of drug-likeness (QED) is 0.658. The van der Waals surface area contributed by atoms with Crippen molar-refractivity contribution < 1.29 is 9.18 Å². The number of nitrogens with one attached hydrogen (secondary N) is 1. The molecule has 6 heteroatoms. The van der Waals surface area contributed by atoms with E-state index in [0.29, 0.717) is 11.6 Å². The highest BCUT2D eigenvalue weighted by Crippen LogP contribution is 2.25. The lowest BCUT2D eigenvalue weighted by Gasteiger charge is -2.11. The van der Waals surface area contributed by atoms with Crippen LogP contribution in [0.3, 0.4) is 0 Å². The fourth-order valence-electron chi connectivity index (χ4n) is 2.57. The highest BCUT2D eigenvalue weighted by molar-refractivity contribution is 7.99. The Bertz CT molecular complexity index is 874. The second-order valence-electron chi connectivity index (χ2n) is 6.23. The summed E-state index contributed by atoms with van der Waals surface area (Å²) in [7, 11) is 0. The van der Waals surface area contributed by atoms with Crippen LogP contribution in [0.4, 0.5) is 10.1 Å². The number of imidazole rings is 1. The van der Waals surface area contributed by atoms with E-state index in [1.807, 2.05) is 24.3 Å². The van der Waals surface area contributed by atoms with Gasteiger partial charge in [0.25, 0.3) is 0 Å². The number of fused-ring (bicyclic) bond motifs is 1. The lowest BCUT2D eigenvalue weighted by molar-refractivity contribution is -0.113. The first-order valence-corrected chi connectivity index (χ1v) is 9.15. The highest BCUT2D eigenvalue weighted by atomic mass is 32.2. The van der Waals surface area contributed by atoms with E-state index in [-0.39, 0.29) is 17.5 Å². The Hall–Kier alpha value is -2.34. The predicted octanol–water partition coefficient (Wildman–Crippen LogP) is 4.56. The van der Waals surface area contributed by atoms with E-state index < -0.39 is 0 Å². The van der Waals surface area contributed by atoms with Gasteiger partial charge in [-0.25, -0.2) is 9.37 Å². The molecule has 0 saturated heterocycles. The summed E-state index contributed by atoms with van der Waals surface area (Å²) in [6.07, 6.45) is 0. The number of benzene rings is 2. The molecule has 1 N–H and O–H groups in total. The number of thioether (sulfide) groups is 1. The van der Waals surface area contributed by atoms with Crippen LogP contribution in [-0.4, -0.2) is 21.2 Å². The van der Waals surface area contributed by atoms with Crippen LogP contribution in [0.15, 0.2) is 53.7 Å². The summed E-state index contributed by atoms with van der Waals surface area (Å²) in [5.41, 5.74) is 2.60. The van der Waals surface area contributed by atoms with Crippen LogP contribution in [-0.2, 0) is 11.3 Å². The maximum Gasteiger partial charge on any atom is 0.234 e. The summed E-state index contributed by atoms with van der Waals surface area (Å²) in [5.74, 6) is 0.262. The largest absolute Gasteiger partial charge is 0.325 e. The smallest absolute Gasteiger partial charge is 0.234 e. The maximum atomic E-state index is 12.9. The van der Waals surface area contributed by atoms with Crippen molar-refractivity contribution in [2.45, 2.75) is 25.5 Å². The number of hydrogen-bond acceptors (Lipinski definition) is 3. The number of rotatable bonds is 6. The zero-order valence-electron chi connectivity index (χ0n) is 14.2. The zero-order chi connectivity index (χ0) is 17.8. The van der Waals surface area contributed by atoms with E-state index in [1.165, 1.54) is 23.9 Å². The lowest BCUT2D eigenvalue weighted by Crippen LogP contribution is -2.15. The average Bonchev–Trinajstić information content (AvgIpc) is 2.92. The number of nitrogens with zero attached hydrogens (tertiary/aromatic N) is 2. The van der Waals surface area contributed by atoms with E-state index in [0.717, 1.165) is 22.7 Å². The molecule has 2 aromatic carbocycles. The van der Waals surface area contributed by atoms with Crippen LogP contribution in [0.25, 0.3) is 11.0 Å². The Labute approximate surface area is 150 Å². The van der Waals surface area contributed by atoms with Gasteiger partial charge in [-0.3, -0.25) is 4.79 Å². The third-order valence-corrected chi connectivity index (χ3v) is 4.60. The van der Waals surface area contributed by atoms with Gasteiger partial charge >= 0.3 is 0 Å². The van der Waals surface area contributed by atoms with Crippen molar-refractivity contribution in [3.8, 4) is 0 Å². The van der Waals surface area contributed by atoms with Crippen LogP contribution >= 0.6 is 11.8 Å². The topological polar surface area (TPSA) is 46.9 Å². The van der Waals surface area contributed by atoms with Crippen LogP contribution in [0.2, 0.25) is 0 Å². The molecule has 0 aliphatic carbocycles. The fraction of sp³-hybridized carbons (Fsp3) is 0.263. The van der Waals surface area contributed by atoms with E-state index >= 15 is 0 Å². The molecule has 0 unspecified atom stereocenters. The first-order chi connectivity index (χ1) is 12.0. The monoisotopic (exact) mass is 357 g/mol. The average molecular weight is 357 g/mol. The summed E-state index contributed by atoms with van der Waals surface area (Å²) < 4.78 is 15.1. The van der Waals surface area contributed by atoms with Gasteiger partial charge in [0.15, 0.2) is 5.16 Å². The molecule has 25 heavy (non-hydrogen) atoms. The zero-order valence-corrected chi connectivity index (χ0v) is 15.0. The summed E-state index contributed by atoms with van der Waals surface area (Å²) in [6.45, 7) is 5.16. The van der Waals surface area contributed by atoms with Gasteiger partial charge in [-0.05, 0) is 42.3 Å². The molecular formula is C19H20FN3OS. The molecule has 3 aromatic rings. The van der Waals surface area contributed by atoms with Crippen LogP contribution in [0, 0.1) is 11.7 Å². The molecule has 0 radical (unpaired) electrons. The summed E-state index contributed by atoms with van der Waals surface area (Å²) >= 11 is 1.41. The van der Waals surface area contributed by atoms with Crippen LogP contribution in [0.5, 0.6) is 0 Å². The Morgan fingerprint density at radius 1 is 1.20 bits per heavy atom. The van der Waals surface area contributed by atoms with E-state index in [2.05, 4.69) is 28.7 Å². The molecule has 1 heterocycles. The molecule has 0 fully saturated rings. The predicted molar refractivity (Wildman–Crippen MR) is 100 cm³/mol. The Kier molecular flexibility index (Phi) is 5.38. The van der Waals surface area contributed by atoms with Crippen molar-refractivity contribution in [2.75, 3.05) is 11.1 Å². The Morgan fingerprint density at radius 2 is 1.92 bits per heavy atom. The van der Waals surface area contributed by atoms with E-state index in [9.17, 15) is 9.18 Å². The number of halogens is 1. The number of carbonyl (C=O) groups excluding carboxylic acids is 1. The number of aromatic nitrogens is 2. The number of anilines is 1. The van der Waals surface area contributed by atoms with Crippen molar-refractivity contribution >= 4 is 34.4 Å². The molecule has 1 aromatic heterocycles. The third kappa shape index (κ3) is 4.39. The van der Waals surface area contributed by atoms with Gasteiger partial charge in [0, 0.05) is 12.2 Å². The standard InChI is InChI=1S/C19H20FN3OS/c1-13(2)11-23-17-6-4-3-5-16(17)22-19(23)25-12-18(24)21-15-9-7-14(20)8-10-15/h3-10,13H,11-12H2,1-2H3,(H,21,24). The molecule has 0 spiro atoms. The fourth-order valence-corrected chi connectivity index (χ4v) is 3.39. The molecule has 0 atom stereocenters. The first kappa shape index (κ1) is 17.5. The van der Waals surface area contributed by atoms with Crippen molar-refractivity contribution in [1.82, 2.24) is 9.55 Å². The maximum absolute atomic E-state index is 12.9. The molecule has 3 rings (SSSR count). The molecular weight excluding hydrogens is 337 g/mol. The molecule has 0 saturated carbocycles. The number of hydrogen-bond donors (Lipinski definition) is 1. The van der Waals surface area contributed by atoms with Crippen LogP contribution < -0.4 is 5.32 Å². The minimum Gasteiger partial charge on any atom is -0.325 e. The van der Waals surface area contributed by atoms with E-state index in [1.54, 1.807) is 12.1 Å². The van der Waals surface area contributed by atoms with E-state index in [4.69, 9.17) is 0 Å². The molecule has 0 bridgehead atoms. The van der Waals surface area contributed by atoms with Crippen molar-refractivity contribution in [3.63, 3.8) is 0 Å². The number of amides is 1. The van der Waals surface area contributed by atoms with Crippen molar-refractivity contribution in [3.05, 3.63) is 54.3 Å². The van der Waals surface area contributed by atoms with Gasteiger partial charge < -0.3 is 9.88 Å². The van der Waals surface area contributed by atoms with Crippen molar-refractivity contribution in [1.29, 1.82) is 0 Å². The molecule has 130 valence electrons. The summed E-state index contributed by atoms with van der Waals surface area (Å²) in [4.78, 5) is 16.8. The highest BCUT2D eigenvalue weighted by Gasteiger charge is 2.14. The SMILES string of the molecule is CC(C)Cn1c(SCC(=O)Nc2ccc(F)cc2)nc2ccccc21. The molecule has 0 aliphatic rings. The third-order valence-electron chi connectivity index (χ3n) is 3.63. The van der Waals surface area contributed by atoms with Gasteiger partial charge in [-0.2, -0.15) is 0 Å². The van der Waals surface area contributed by atoms with Crippen LogP contribution in [0.1, 0.15) is 13.8 Å². The Balaban J connectivity index is 1.71. The minimum absolute atomic E-state index is 0.139. The normalized spacial score (nSPS) is 11.2.